The van der Waals surface area contributed by atoms with E-state index in [4.69, 9.17) is 4.74 Å². The van der Waals surface area contributed by atoms with Crippen molar-refractivity contribution < 1.29 is 19.4 Å². The zero-order valence-corrected chi connectivity index (χ0v) is 14.0. The quantitative estimate of drug-likeness (QED) is 0.928. The number of hydrogen-bond donors (Lipinski definition) is 1. The van der Waals surface area contributed by atoms with Crippen LogP contribution in [0.1, 0.15) is 39.2 Å². The Morgan fingerprint density at radius 1 is 1.26 bits per heavy atom. The molecule has 2 rings (SSSR count). The van der Waals surface area contributed by atoms with Crippen molar-refractivity contribution in [1.82, 2.24) is 4.90 Å². The van der Waals surface area contributed by atoms with Crippen LogP contribution in [-0.4, -0.2) is 40.8 Å². The average molecular weight is 319 g/mol. The lowest BCUT2D eigenvalue weighted by Gasteiger charge is -2.40. The third-order valence-electron chi connectivity index (χ3n) is 4.07. The van der Waals surface area contributed by atoms with Crippen LogP contribution in [0.2, 0.25) is 0 Å². The van der Waals surface area contributed by atoms with Gasteiger partial charge < -0.3 is 14.7 Å². The van der Waals surface area contributed by atoms with Gasteiger partial charge in [0.25, 0.3) is 0 Å². The Labute approximate surface area is 137 Å². The van der Waals surface area contributed by atoms with Crippen LogP contribution in [0.4, 0.5) is 4.79 Å². The molecule has 5 heteroatoms. The molecule has 1 aromatic rings. The number of carboxylic acids is 1. The molecule has 1 aliphatic heterocycles. The molecule has 0 bridgehead atoms. The molecule has 1 aliphatic rings. The molecule has 0 spiro atoms. The number of carbonyl (C=O) groups is 2. The molecule has 0 radical (unpaired) electrons. The smallest absolute Gasteiger partial charge is 0.410 e. The minimum Gasteiger partial charge on any atom is -0.481 e. The lowest BCUT2D eigenvalue weighted by atomic mass is 9.75. The van der Waals surface area contributed by atoms with Crippen LogP contribution in [0.15, 0.2) is 30.3 Å². The minimum absolute atomic E-state index is 0.187. The Morgan fingerprint density at radius 3 is 2.48 bits per heavy atom. The van der Waals surface area contributed by atoms with Gasteiger partial charge in [0.1, 0.15) is 5.60 Å². The zero-order valence-electron chi connectivity index (χ0n) is 14.0. The lowest BCUT2D eigenvalue weighted by Crippen LogP contribution is -2.52. The normalized spacial score (nSPS) is 21.8. The first kappa shape index (κ1) is 17.3. The number of ether oxygens (including phenoxy) is 1. The molecule has 0 aliphatic carbocycles. The van der Waals surface area contributed by atoms with E-state index in [2.05, 4.69) is 0 Å². The highest BCUT2D eigenvalue weighted by Gasteiger charge is 2.44. The third-order valence-corrected chi connectivity index (χ3v) is 4.07. The summed E-state index contributed by atoms with van der Waals surface area (Å²) in [7, 11) is 0. The number of piperidine rings is 1. The fourth-order valence-corrected chi connectivity index (χ4v) is 3.00. The Hall–Kier alpha value is -2.04. The van der Waals surface area contributed by atoms with Crippen molar-refractivity contribution in [3.05, 3.63) is 35.9 Å². The van der Waals surface area contributed by atoms with E-state index in [1.165, 1.54) is 4.90 Å². The van der Waals surface area contributed by atoms with Crippen molar-refractivity contribution in [2.24, 2.45) is 5.41 Å². The number of rotatable bonds is 3. The predicted octanol–water partition coefficient (Wildman–Crippen LogP) is 3.33. The SMILES string of the molecule is CC(C)(C)OC(=O)N1CCC[C@](Cc2ccccc2)(C(=O)O)C1. The molecule has 0 aromatic heterocycles. The second kappa shape index (κ2) is 6.60. The van der Waals surface area contributed by atoms with Crippen LogP contribution in [0.3, 0.4) is 0 Å². The highest BCUT2D eigenvalue weighted by atomic mass is 16.6. The van der Waals surface area contributed by atoms with E-state index in [0.717, 1.165) is 5.56 Å². The van der Waals surface area contributed by atoms with Crippen molar-refractivity contribution >= 4 is 12.1 Å². The van der Waals surface area contributed by atoms with Crippen LogP contribution < -0.4 is 0 Å². The van der Waals surface area contributed by atoms with Gasteiger partial charge in [-0.05, 0) is 45.6 Å². The lowest BCUT2D eigenvalue weighted by molar-refractivity contribution is -0.152. The van der Waals surface area contributed by atoms with Gasteiger partial charge in [-0.15, -0.1) is 0 Å². The van der Waals surface area contributed by atoms with Gasteiger partial charge in [-0.3, -0.25) is 4.79 Å². The molecule has 1 N–H and O–H groups in total. The molecule has 1 saturated heterocycles. The topological polar surface area (TPSA) is 66.8 Å². The van der Waals surface area contributed by atoms with E-state index >= 15 is 0 Å². The second-order valence-corrected chi connectivity index (χ2v) is 7.25. The maximum absolute atomic E-state index is 12.3. The average Bonchev–Trinajstić information content (AvgIpc) is 2.46. The van der Waals surface area contributed by atoms with E-state index in [0.29, 0.717) is 25.8 Å². The van der Waals surface area contributed by atoms with Crippen molar-refractivity contribution in [2.75, 3.05) is 13.1 Å². The van der Waals surface area contributed by atoms with Gasteiger partial charge in [0.05, 0.1) is 5.41 Å². The summed E-state index contributed by atoms with van der Waals surface area (Å²) in [5.74, 6) is -0.852. The number of amides is 1. The van der Waals surface area contributed by atoms with E-state index in [1.54, 1.807) is 0 Å². The van der Waals surface area contributed by atoms with Gasteiger partial charge >= 0.3 is 12.1 Å². The molecule has 1 amide bonds. The summed E-state index contributed by atoms with van der Waals surface area (Å²) in [6.07, 6.45) is 1.22. The molecule has 1 fully saturated rings. The number of aliphatic carboxylic acids is 1. The molecule has 23 heavy (non-hydrogen) atoms. The number of carbonyl (C=O) groups excluding carboxylic acids is 1. The summed E-state index contributed by atoms with van der Waals surface area (Å²) in [6, 6.07) is 9.57. The zero-order chi connectivity index (χ0) is 17.1. The van der Waals surface area contributed by atoms with Gasteiger partial charge in [0.15, 0.2) is 0 Å². The first-order valence-electron chi connectivity index (χ1n) is 7.97. The number of carboxylic acid groups (broad SMARTS) is 1. The van der Waals surface area contributed by atoms with E-state index in [1.807, 2.05) is 51.1 Å². The molecule has 1 atom stereocenters. The summed E-state index contributed by atoms with van der Waals surface area (Å²) in [4.78, 5) is 25.8. The van der Waals surface area contributed by atoms with Crippen LogP contribution in [0.25, 0.3) is 0 Å². The van der Waals surface area contributed by atoms with Crippen molar-refractivity contribution in [3.8, 4) is 0 Å². The fourth-order valence-electron chi connectivity index (χ4n) is 3.00. The molecule has 1 heterocycles. The maximum Gasteiger partial charge on any atom is 0.410 e. The number of nitrogens with zero attached hydrogens (tertiary/aromatic N) is 1. The Bertz CT molecular complexity index is 564. The summed E-state index contributed by atoms with van der Waals surface area (Å²) in [5, 5.41) is 9.80. The Balaban J connectivity index is 2.17. The minimum atomic E-state index is -0.948. The van der Waals surface area contributed by atoms with Gasteiger partial charge in [-0.1, -0.05) is 30.3 Å². The third kappa shape index (κ3) is 4.47. The molecule has 5 nitrogen and oxygen atoms in total. The summed E-state index contributed by atoms with van der Waals surface area (Å²) < 4.78 is 5.39. The van der Waals surface area contributed by atoms with E-state index in [9.17, 15) is 14.7 Å². The summed E-state index contributed by atoms with van der Waals surface area (Å²) in [5.41, 5.74) is -0.558. The molecule has 0 saturated carbocycles. The highest BCUT2D eigenvalue weighted by molar-refractivity contribution is 5.77. The van der Waals surface area contributed by atoms with Crippen molar-refractivity contribution in [2.45, 2.75) is 45.6 Å². The number of benzene rings is 1. The van der Waals surface area contributed by atoms with Crippen molar-refractivity contribution in [1.29, 1.82) is 0 Å². The Kier molecular flexibility index (Phi) is 4.97. The highest BCUT2D eigenvalue weighted by Crippen LogP contribution is 2.34. The largest absolute Gasteiger partial charge is 0.481 e. The molecule has 1 aromatic carbocycles. The molecule has 126 valence electrons. The standard InChI is InChI=1S/C18H25NO4/c1-17(2,3)23-16(22)19-11-7-10-18(13-19,15(20)21)12-14-8-5-4-6-9-14/h4-6,8-9H,7,10-13H2,1-3H3,(H,20,21)/t18-/m1/s1. The van der Waals surface area contributed by atoms with Crippen LogP contribution in [0.5, 0.6) is 0 Å². The summed E-state index contributed by atoms with van der Waals surface area (Å²) >= 11 is 0. The van der Waals surface area contributed by atoms with Gasteiger partial charge in [-0.2, -0.15) is 0 Å². The Morgan fingerprint density at radius 2 is 1.91 bits per heavy atom. The molecule has 0 unspecified atom stereocenters. The van der Waals surface area contributed by atoms with Crippen molar-refractivity contribution in [3.63, 3.8) is 0 Å². The first-order chi connectivity index (χ1) is 10.7. The van der Waals surface area contributed by atoms with Crippen LogP contribution in [-0.2, 0) is 16.0 Å². The van der Waals surface area contributed by atoms with Crippen LogP contribution >= 0.6 is 0 Å². The maximum atomic E-state index is 12.3. The van der Waals surface area contributed by atoms with Gasteiger partial charge in [-0.25, -0.2) is 4.79 Å². The fraction of sp³-hybridized carbons (Fsp3) is 0.556. The van der Waals surface area contributed by atoms with E-state index in [-0.39, 0.29) is 6.54 Å². The van der Waals surface area contributed by atoms with Gasteiger partial charge in [0.2, 0.25) is 0 Å². The molecular formula is C18H25NO4. The molecular weight excluding hydrogens is 294 g/mol. The first-order valence-corrected chi connectivity index (χ1v) is 7.97. The number of hydrogen-bond acceptors (Lipinski definition) is 3. The van der Waals surface area contributed by atoms with Crippen LogP contribution in [0, 0.1) is 5.41 Å². The second-order valence-electron chi connectivity index (χ2n) is 7.25. The predicted molar refractivity (Wildman–Crippen MR) is 87.3 cm³/mol. The summed E-state index contributed by atoms with van der Waals surface area (Å²) in [6.45, 7) is 6.15. The number of likely N-dealkylation sites (tertiary alicyclic amines) is 1. The van der Waals surface area contributed by atoms with E-state index < -0.39 is 23.1 Å². The van der Waals surface area contributed by atoms with Gasteiger partial charge in [0, 0.05) is 13.1 Å². The monoisotopic (exact) mass is 319 g/mol.